The minimum absolute atomic E-state index is 0.157. The first-order valence-electron chi connectivity index (χ1n) is 8.59. The Balaban J connectivity index is 2.43. The van der Waals surface area contributed by atoms with Gasteiger partial charge in [-0.25, -0.2) is 0 Å². The van der Waals surface area contributed by atoms with Gasteiger partial charge in [-0.15, -0.1) is 0 Å². The molecule has 1 unspecified atom stereocenters. The first-order chi connectivity index (χ1) is 12.3. The molecule has 0 bridgehead atoms. The predicted molar refractivity (Wildman–Crippen MR) is 101 cm³/mol. The summed E-state index contributed by atoms with van der Waals surface area (Å²) in [4.78, 5) is 35.6. The van der Waals surface area contributed by atoms with Gasteiger partial charge in [-0.1, -0.05) is 32.0 Å². The van der Waals surface area contributed by atoms with Gasteiger partial charge >= 0.3 is 0 Å². The molecule has 0 aliphatic heterocycles. The Morgan fingerprint density at radius 3 is 2.27 bits per heavy atom. The topological polar surface area (TPSA) is 94.2 Å². The fraction of sp³-hybridized carbons (Fsp3) is 0.368. The van der Waals surface area contributed by atoms with Crippen LogP contribution in [0.2, 0.25) is 0 Å². The highest BCUT2D eigenvalue weighted by molar-refractivity contribution is 5.95. The maximum atomic E-state index is 12.8. The number of carbonyl (C=O) groups is 1. The van der Waals surface area contributed by atoms with E-state index in [0.29, 0.717) is 0 Å². The van der Waals surface area contributed by atoms with Crippen molar-refractivity contribution in [1.82, 2.24) is 4.57 Å². The Kier molecular flexibility index (Phi) is 5.92. The fourth-order valence-electron chi connectivity index (χ4n) is 3.06. The summed E-state index contributed by atoms with van der Waals surface area (Å²) in [5, 5.41) is 14.0. The Morgan fingerprint density at radius 2 is 1.77 bits per heavy atom. The molecule has 0 saturated carbocycles. The number of aryl methyl sites for hydroxylation is 2. The third-order valence-corrected chi connectivity index (χ3v) is 4.56. The second-order valence-electron chi connectivity index (χ2n) is 6.09. The number of anilines is 1. The summed E-state index contributed by atoms with van der Waals surface area (Å²) < 4.78 is 1.16. The van der Waals surface area contributed by atoms with E-state index in [4.69, 9.17) is 0 Å². The van der Waals surface area contributed by atoms with Crippen molar-refractivity contribution in [3.05, 3.63) is 67.6 Å². The normalized spacial score (nSPS) is 11.8. The van der Waals surface area contributed by atoms with Crippen LogP contribution >= 0.6 is 0 Å². The van der Waals surface area contributed by atoms with E-state index in [-0.39, 0.29) is 17.3 Å². The lowest BCUT2D eigenvalue weighted by molar-refractivity contribution is -0.386. The molecule has 1 aromatic carbocycles. The second kappa shape index (κ2) is 7.95. The summed E-state index contributed by atoms with van der Waals surface area (Å²) in [6.45, 7) is 7.04. The van der Waals surface area contributed by atoms with E-state index in [2.05, 4.69) is 5.32 Å². The summed E-state index contributed by atoms with van der Waals surface area (Å²) in [6, 6.07) is 7.25. The Labute approximate surface area is 151 Å². The zero-order chi connectivity index (χ0) is 19.4. The Bertz CT molecular complexity index is 880. The first kappa shape index (κ1) is 19.4. The van der Waals surface area contributed by atoms with Crippen LogP contribution in [0.3, 0.4) is 0 Å². The van der Waals surface area contributed by atoms with E-state index < -0.39 is 16.5 Å². The van der Waals surface area contributed by atoms with Crippen LogP contribution in [0.5, 0.6) is 0 Å². The van der Waals surface area contributed by atoms with E-state index in [9.17, 15) is 19.7 Å². The summed E-state index contributed by atoms with van der Waals surface area (Å²) in [6.07, 6.45) is 1.52. The highest BCUT2D eigenvalue weighted by Crippen LogP contribution is 2.24. The van der Waals surface area contributed by atoms with Gasteiger partial charge in [-0.05, 0) is 37.8 Å². The summed E-state index contributed by atoms with van der Waals surface area (Å²) >= 11 is 0. The number of aromatic nitrogens is 1. The van der Waals surface area contributed by atoms with E-state index in [1.54, 1.807) is 6.92 Å². The lowest BCUT2D eigenvalue weighted by Crippen LogP contribution is -2.33. The van der Waals surface area contributed by atoms with Crippen molar-refractivity contribution >= 4 is 17.3 Å². The molecule has 26 heavy (non-hydrogen) atoms. The zero-order valence-corrected chi connectivity index (χ0v) is 15.4. The van der Waals surface area contributed by atoms with Crippen LogP contribution in [0, 0.1) is 17.0 Å². The first-order valence-corrected chi connectivity index (χ1v) is 8.59. The van der Waals surface area contributed by atoms with Crippen LogP contribution in [0.1, 0.15) is 43.6 Å². The fourth-order valence-corrected chi connectivity index (χ4v) is 3.06. The van der Waals surface area contributed by atoms with Gasteiger partial charge in [0.25, 0.3) is 11.2 Å². The summed E-state index contributed by atoms with van der Waals surface area (Å²) in [7, 11) is 0. The third-order valence-electron chi connectivity index (χ3n) is 4.56. The molecule has 7 nitrogen and oxygen atoms in total. The van der Waals surface area contributed by atoms with Crippen molar-refractivity contribution in [2.45, 2.75) is 46.6 Å². The largest absolute Gasteiger partial charge is 0.324 e. The van der Waals surface area contributed by atoms with Gasteiger partial charge in [0.15, 0.2) is 0 Å². The number of nitro groups is 1. The molecule has 138 valence electrons. The van der Waals surface area contributed by atoms with Gasteiger partial charge in [0.2, 0.25) is 5.91 Å². The van der Waals surface area contributed by atoms with Crippen molar-refractivity contribution in [2.24, 2.45) is 0 Å². The number of pyridine rings is 1. The molecule has 1 aromatic heterocycles. The van der Waals surface area contributed by atoms with Gasteiger partial charge in [0.05, 0.1) is 10.6 Å². The molecule has 0 fully saturated rings. The molecule has 1 heterocycles. The number of benzene rings is 1. The highest BCUT2D eigenvalue weighted by atomic mass is 16.6. The molecule has 0 aliphatic rings. The molecule has 0 saturated heterocycles. The van der Waals surface area contributed by atoms with Crippen molar-refractivity contribution in [2.75, 3.05) is 5.32 Å². The van der Waals surface area contributed by atoms with Crippen LogP contribution in [-0.2, 0) is 17.6 Å². The molecule has 2 aromatic rings. The molecule has 7 heteroatoms. The monoisotopic (exact) mass is 357 g/mol. The smallest absolute Gasteiger partial charge is 0.288 e. The average molecular weight is 357 g/mol. The van der Waals surface area contributed by atoms with Gasteiger partial charge in [0, 0.05) is 17.8 Å². The quantitative estimate of drug-likeness (QED) is 0.633. The average Bonchev–Trinajstić information content (AvgIpc) is 2.61. The van der Waals surface area contributed by atoms with Crippen LogP contribution in [0.4, 0.5) is 11.4 Å². The van der Waals surface area contributed by atoms with E-state index in [0.717, 1.165) is 40.3 Å². The molecule has 0 radical (unpaired) electrons. The number of rotatable bonds is 6. The lowest BCUT2D eigenvalue weighted by atomic mass is 10.0. The van der Waals surface area contributed by atoms with Gasteiger partial charge < -0.3 is 5.32 Å². The van der Waals surface area contributed by atoms with Crippen molar-refractivity contribution in [3.63, 3.8) is 0 Å². The van der Waals surface area contributed by atoms with E-state index in [1.807, 2.05) is 32.0 Å². The minimum atomic E-state index is -0.878. The zero-order valence-electron chi connectivity index (χ0n) is 15.4. The molecule has 0 aliphatic carbocycles. The number of nitrogens with zero attached hydrogens (tertiary/aromatic N) is 2. The van der Waals surface area contributed by atoms with Gasteiger partial charge in [0.1, 0.15) is 6.04 Å². The molecule has 1 amide bonds. The van der Waals surface area contributed by atoms with Crippen LogP contribution in [0.25, 0.3) is 0 Å². The lowest BCUT2D eigenvalue weighted by Gasteiger charge is -2.20. The number of nitrogens with one attached hydrogen (secondary N) is 1. The van der Waals surface area contributed by atoms with Crippen LogP contribution in [-0.4, -0.2) is 15.4 Å². The number of amides is 1. The van der Waals surface area contributed by atoms with E-state index >= 15 is 0 Å². The maximum Gasteiger partial charge on any atom is 0.288 e. The Morgan fingerprint density at radius 1 is 1.19 bits per heavy atom. The van der Waals surface area contributed by atoms with Crippen LogP contribution in [0.15, 0.2) is 35.1 Å². The second-order valence-corrected chi connectivity index (χ2v) is 6.09. The number of hydrogen-bond acceptors (Lipinski definition) is 4. The molecule has 2 rings (SSSR count). The highest BCUT2D eigenvalue weighted by Gasteiger charge is 2.24. The van der Waals surface area contributed by atoms with Crippen molar-refractivity contribution in [1.29, 1.82) is 0 Å². The maximum absolute atomic E-state index is 12.8. The van der Waals surface area contributed by atoms with E-state index in [1.165, 1.54) is 13.0 Å². The number of hydrogen-bond donors (Lipinski definition) is 1. The molecule has 1 N–H and O–H groups in total. The molecular formula is C19H23N3O4. The number of carbonyl (C=O) groups excluding carboxylic acids is 1. The standard InChI is InChI=1S/C19H23N3O4/c1-5-14-8-7-9-15(6-2)18(14)20-19(24)13(4)21-12(3)16(22(25)26)10-11-17(21)23/h7-11,13H,5-6H2,1-4H3,(H,20,24). The van der Waals surface area contributed by atoms with Gasteiger partial charge in [-0.2, -0.15) is 0 Å². The Hall–Kier alpha value is -2.96. The van der Waals surface area contributed by atoms with Crippen molar-refractivity contribution in [3.8, 4) is 0 Å². The number of para-hydroxylation sites is 1. The summed E-state index contributed by atoms with van der Waals surface area (Å²) in [5.74, 6) is -0.383. The third kappa shape index (κ3) is 3.66. The molecule has 1 atom stereocenters. The molecular weight excluding hydrogens is 334 g/mol. The minimum Gasteiger partial charge on any atom is -0.324 e. The van der Waals surface area contributed by atoms with Crippen molar-refractivity contribution < 1.29 is 9.72 Å². The SMILES string of the molecule is CCc1cccc(CC)c1NC(=O)C(C)n1c(C)c([N+](=O)[O-])ccc1=O. The van der Waals surface area contributed by atoms with Gasteiger partial charge in [-0.3, -0.25) is 24.3 Å². The predicted octanol–water partition coefficient (Wildman–Crippen LogP) is 3.39. The molecule has 0 spiro atoms. The summed E-state index contributed by atoms with van der Waals surface area (Å²) in [5.41, 5.74) is 2.29. The van der Waals surface area contributed by atoms with Crippen LogP contribution < -0.4 is 10.9 Å².